The van der Waals surface area contributed by atoms with E-state index in [0.717, 1.165) is 0 Å². The van der Waals surface area contributed by atoms with Crippen molar-refractivity contribution in [1.82, 2.24) is 5.32 Å². The number of halogens is 3. The van der Waals surface area contributed by atoms with Crippen molar-refractivity contribution in [2.24, 2.45) is 0 Å². The van der Waals surface area contributed by atoms with E-state index in [-0.39, 0.29) is 36.8 Å². The molecule has 0 aliphatic heterocycles. The SMILES string of the molecule is CCOC(=O)c1ccc(OCCNC(=O)C(F)(F)F)c(OC)c1. The molecule has 128 valence electrons. The van der Waals surface area contributed by atoms with Gasteiger partial charge >= 0.3 is 18.1 Å². The van der Waals surface area contributed by atoms with E-state index in [2.05, 4.69) is 0 Å². The van der Waals surface area contributed by atoms with E-state index in [4.69, 9.17) is 14.2 Å². The van der Waals surface area contributed by atoms with Gasteiger partial charge in [0.2, 0.25) is 0 Å². The normalized spacial score (nSPS) is 10.8. The maximum absolute atomic E-state index is 12.0. The van der Waals surface area contributed by atoms with E-state index in [1.807, 2.05) is 0 Å². The molecule has 0 aliphatic carbocycles. The minimum atomic E-state index is -4.93. The van der Waals surface area contributed by atoms with Crippen molar-refractivity contribution in [3.63, 3.8) is 0 Å². The van der Waals surface area contributed by atoms with Crippen LogP contribution < -0.4 is 14.8 Å². The van der Waals surface area contributed by atoms with Gasteiger partial charge < -0.3 is 19.5 Å². The van der Waals surface area contributed by atoms with Crippen LogP contribution in [0.2, 0.25) is 0 Å². The van der Waals surface area contributed by atoms with Gasteiger partial charge in [0, 0.05) is 0 Å². The Balaban J connectivity index is 2.60. The number of hydrogen-bond acceptors (Lipinski definition) is 5. The molecular weight excluding hydrogens is 319 g/mol. The van der Waals surface area contributed by atoms with Crippen LogP contribution >= 0.6 is 0 Å². The smallest absolute Gasteiger partial charge is 0.471 e. The monoisotopic (exact) mass is 335 g/mol. The Morgan fingerprint density at radius 3 is 2.48 bits per heavy atom. The molecule has 1 aromatic carbocycles. The second-order valence-electron chi connectivity index (χ2n) is 4.19. The number of ether oxygens (including phenoxy) is 3. The van der Waals surface area contributed by atoms with E-state index in [1.54, 1.807) is 12.2 Å². The molecule has 0 spiro atoms. The first-order valence-corrected chi connectivity index (χ1v) is 6.62. The van der Waals surface area contributed by atoms with Crippen LogP contribution in [0.3, 0.4) is 0 Å². The van der Waals surface area contributed by atoms with Crippen LogP contribution in [0.4, 0.5) is 13.2 Å². The molecule has 0 heterocycles. The molecule has 1 amide bonds. The van der Waals surface area contributed by atoms with Gasteiger partial charge in [0.15, 0.2) is 11.5 Å². The predicted molar refractivity (Wildman–Crippen MR) is 73.5 cm³/mol. The van der Waals surface area contributed by atoms with E-state index < -0.39 is 18.1 Å². The average molecular weight is 335 g/mol. The van der Waals surface area contributed by atoms with Crippen LogP contribution in [0, 0.1) is 0 Å². The molecule has 0 saturated heterocycles. The lowest BCUT2D eigenvalue weighted by Crippen LogP contribution is -2.38. The fourth-order valence-electron chi connectivity index (χ4n) is 1.55. The molecule has 9 heteroatoms. The summed E-state index contributed by atoms with van der Waals surface area (Å²) in [7, 11) is 1.35. The van der Waals surface area contributed by atoms with Gasteiger partial charge in [-0.15, -0.1) is 0 Å². The highest BCUT2D eigenvalue weighted by molar-refractivity contribution is 5.90. The maximum Gasteiger partial charge on any atom is 0.471 e. The van der Waals surface area contributed by atoms with Crippen LogP contribution in [-0.2, 0) is 9.53 Å². The number of nitrogens with one attached hydrogen (secondary N) is 1. The van der Waals surface area contributed by atoms with E-state index in [0.29, 0.717) is 0 Å². The van der Waals surface area contributed by atoms with E-state index in [1.165, 1.54) is 25.3 Å². The summed E-state index contributed by atoms with van der Waals surface area (Å²) in [5.74, 6) is -2.12. The summed E-state index contributed by atoms with van der Waals surface area (Å²) in [5, 5.41) is 1.67. The lowest BCUT2D eigenvalue weighted by Gasteiger charge is -2.13. The van der Waals surface area contributed by atoms with Crippen LogP contribution in [0.15, 0.2) is 18.2 Å². The maximum atomic E-state index is 12.0. The summed E-state index contributed by atoms with van der Waals surface area (Å²) in [6.07, 6.45) is -4.93. The van der Waals surface area contributed by atoms with Gasteiger partial charge in [-0.05, 0) is 25.1 Å². The lowest BCUT2D eigenvalue weighted by molar-refractivity contribution is -0.173. The van der Waals surface area contributed by atoms with Gasteiger partial charge in [-0.1, -0.05) is 0 Å². The Kier molecular flexibility index (Phi) is 6.67. The lowest BCUT2D eigenvalue weighted by atomic mass is 10.2. The van der Waals surface area contributed by atoms with Gasteiger partial charge in [-0.25, -0.2) is 4.79 Å². The number of esters is 1. The second-order valence-corrected chi connectivity index (χ2v) is 4.19. The molecule has 0 bridgehead atoms. The van der Waals surface area contributed by atoms with Crippen LogP contribution in [-0.4, -0.2) is 44.9 Å². The molecule has 0 fully saturated rings. The second kappa shape index (κ2) is 8.25. The van der Waals surface area contributed by atoms with Crippen molar-refractivity contribution in [2.45, 2.75) is 13.1 Å². The summed E-state index contributed by atoms with van der Waals surface area (Å²) < 4.78 is 51.1. The standard InChI is InChI=1S/C14H16F3NO5/c1-3-22-12(19)9-4-5-10(11(8-9)21-2)23-7-6-18-13(20)14(15,16)17/h4-5,8H,3,6-7H2,1-2H3,(H,18,20). The highest BCUT2D eigenvalue weighted by Crippen LogP contribution is 2.28. The number of rotatable bonds is 7. The van der Waals surface area contributed by atoms with Crippen molar-refractivity contribution in [3.8, 4) is 11.5 Å². The van der Waals surface area contributed by atoms with Crippen molar-refractivity contribution >= 4 is 11.9 Å². The van der Waals surface area contributed by atoms with Gasteiger partial charge in [0.05, 0.1) is 25.8 Å². The number of carbonyl (C=O) groups is 2. The first-order chi connectivity index (χ1) is 10.8. The number of carbonyl (C=O) groups excluding carboxylic acids is 2. The fourth-order valence-corrected chi connectivity index (χ4v) is 1.55. The summed E-state index contributed by atoms with van der Waals surface area (Å²) in [4.78, 5) is 22.2. The Labute approximate surface area is 130 Å². The summed E-state index contributed by atoms with van der Waals surface area (Å²) in [6, 6.07) is 4.25. The molecule has 6 nitrogen and oxygen atoms in total. The summed E-state index contributed by atoms with van der Waals surface area (Å²) in [6.45, 7) is 1.36. The summed E-state index contributed by atoms with van der Waals surface area (Å²) >= 11 is 0. The Morgan fingerprint density at radius 2 is 1.91 bits per heavy atom. The minimum absolute atomic E-state index is 0.197. The highest BCUT2D eigenvalue weighted by atomic mass is 19.4. The first kappa shape index (κ1) is 18.6. The molecule has 0 atom stereocenters. The quantitative estimate of drug-likeness (QED) is 0.609. The Morgan fingerprint density at radius 1 is 1.22 bits per heavy atom. The zero-order chi connectivity index (χ0) is 17.5. The van der Waals surface area contributed by atoms with Crippen molar-refractivity contribution in [2.75, 3.05) is 26.9 Å². The number of alkyl halides is 3. The third-order valence-corrected chi connectivity index (χ3v) is 2.58. The zero-order valence-corrected chi connectivity index (χ0v) is 12.5. The molecule has 1 aromatic rings. The molecule has 0 aliphatic rings. The number of methoxy groups -OCH3 is 1. The number of amides is 1. The Bertz CT molecular complexity index is 560. The summed E-state index contributed by atoms with van der Waals surface area (Å²) in [5.41, 5.74) is 0.251. The largest absolute Gasteiger partial charge is 0.493 e. The minimum Gasteiger partial charge on any atom is -0.493 e. The van der Waals surface area contributed by atoms with Gasteiger partial charge in [0.25, 0.3) is 0 Å². The van der Waals surface area contributed by atoms with Crippen LogP contribution in [0.25, 0.3) is 0 Å². The number of hydrogen-bond donors (Lipinski definition) is 1. The van der Waals surface area contributed by atoms with Crippen molar-refractivity contribution in [3.05, 3.63) is 23.8 Å². The highest BCUT2D eigenvalue weighted by Gasteiger charge is 2.38. The topological polar surface area (TPSA) is 73.9 Å². The average Bonchev–Trinajstić information content (AvgIpc) is 2.50. The fraction of sp³-hybridized carbons (Fsp3) is 0.429. The van der Waals surface area contributed by atoms with Gasteiger partial charge in [-0.2, -0.15) is 13.2 Å². The Hall–Kier alpha value is -2.45. The molecule has 0 unspecified atom stereocenters. The molecule has 0 saturated carbocycles. The molecule has 0 radical (unpaired) electrons. The molecule has 23 heavy (non-hydrogen) atoms. The zero-order valence-electron chi connectivity index (χ0n) is 12.5. The van der Waals surface area contributed by atoms with E-state index in [9.17, 15) is 22.8 Å². The molecule has 1 rings (SSSR count). The first-order valence-electron chi connectivity index (χ1n) is 6.62. The predicted octanol–water partition coefficient (Wildman–Crippen LogP) is 1.93. The third-order valence-electron chi connectivity index (χ3n) is 2.58. The van der Waals surface area contributed by atoms with Crippen molar-refractivity contribution in [1.29, 1.82) is 0 Å². The van der Waals surface area contributed by atoms with Crippen LogP contribution in [0.1, 0.15) is 17.3 Å². The van der Waals surface area contributed by atoms with Crippen LogP contribution in [0.5, 0.6) is 11.5 Å². The molecule has 1 N–H and O–H groups in total. The molecule has 0 aromatic heterocycles. The van der Waals surface area contributed by atoms with Gasteiger partial charge in [0.1, 0.15) is 6.61 Å². The molecular formula is C14H16F3NO5. The third kappa shape index (κ3) is 5.68. The van der Waals surface area contributed by atoms with Crippen molar-refractivity contribution < 1.29 is 37.0 Å². The van der Waals surface area contributed by atoms with Gasteiger partial charge in [-0.3, -0.25) is 4.79 Å². The number of benzene rings is 1. The van der Waals surface area contributed by atoms with E-state index >= 15 is 0 Å².